The Hall–Kier alpha value is -2.06. The number of aliphatic hydroxyl groups is 1. The highest BCUT2D eigenvalue weighted by atomic mass is 35.5. The number of ether oxygens (including phenoxy) is 2. The Kier molecular flexibility index (Phi) is 3.73. The molecule has 8 heteroatoms. The number of hydrogen-bond acceptors (Lipinski definition) is 7. The summed E-state index contributed by atoms with van der Waals surface area (Å²) in [6.07, 6.45) is 1.53. The van der Waals surface area contributed by atoms with Crippen molar-refractivity contribution in [3.8, 4) is 17.2 Å². The lowest BCUT2D eigenvalue weighted by atomic mass is 9.90. The van der Waals surface area contributed by atoms with Crippen LogP contribution in [0.4, 0.5) is 0 Å². The minimum Gasteiger partial charge on any atom is -0.506 e. The molecule has 0 radical (unpaired) electrons. The number of aryl methyl sites for hydroxylation is 1. The minimum atomic E-state index is -0.577. The van der Waals surface area contributed by atoms with Crippen molar-refractivity contribution in [2.24, 2.45) is 0 Å². The average Bonchev–Trinajstić information content (AvgIpc) is 3.05. The number of rotatable bonds is 2. The summed E-state index contributed by atoms with van der Waals surface area (Å²) in [7, 11) is 0. The molecule has 7 nitrogen and oxygen atoms in total. The summed E-state index contributed by atoms with van der Waals surface area (Å²) in [6, 6.07) is 1.12. The minimum absolute atomic E-state index is 0.0110. The fraction of sp³-hybridized carbons (Fsp3) is 0.312. The zero-order chi connectivity index (χ0) is 16.8. The quantitative estimate of drug-likeness (QED) is 0.763. The van der Waals surface area contributed by atoms with Crippen LogP contribution in [0, 0.1) is 6.92 Å². The summed E-state index contributed by atoms with van der Waals surface area (Å²) in [4.78, 5) is 9.54. The van der Waals surface area contributed by atoms with Crippen LogP contribution in [0.25, 0.3) is 0 Å². The van der Waals surface area contributed by atoms with Crippen molar-refractivity contribution in [1.82, 2.24) is 10.5 Å². The molecule has 0 aliphatic carbocycles. The third-order valence-electron chi connectivity index (χ3n) is 4.28. The summed E-state index contributed by atoms with van der Waals surface area (Å²) >= 11 is 6.36. The van der Waals surface area contributed by atoms with Crippen molar-refractivity contribution < 1.29 is 24.5 Å². The molecule has 0 amide bonds. The second-order valence-corrected chi connectivity index (χ2v) is 6.02. The Balaban J connectivity index is 1.98. The molecular weight excluding hydrogens is 336 g/mol. The number of halogens is 1. The number of fused-ring (bicyclic) bond motifs is 3. The molecular formula is C16H15ClN2O5. The van der Waals surface area contributed by atoms with Gasteiger partial charge in [0.1, 0.15) is 5.75 Å². The smallest absolute Gasteiger partial charge is 0.231 e. The number of hydroxylamine groups is 1. The Labute approximate surface area is 142 Å². The van der Waals surface area contributed by atoms with Gasteiger partial charge < -0.3 is 19.7 Å². The zero-order valence-corrected chi connectivity index (χ0v) is 13.6. The lowest BCUT2D eigenvalue weighted by molar-refractivity contribution is -0.00389. The summed E-state index contributed by atoms with van der Waals surface area (Å²) in [5, 5.41) is 20.7. The molecule has 1 atom stereocenters. The van der Waals surface area contributed by atoms with Gasteiger partial charge in [0.2, 0.25) is 6.79 Å². The van der Waals surface area contributed by atoms with Crippen LogP contribution in [0.5, 0.6) is 17.2 Å². The van der Waals surface area contributed by atoms with Gasteiger partial charge in [-0.3, -0.25) is 9.82 Å². The van der Waals surface area contributed by atoms with Gasteiger partial charge in [0, 0.05) is 34.5 Å². The van der Waals surface area contributed by atoms with Crippen LogP contribution < -0.4 is 15.0 Å². The van der Waals surface area contributed by atoms with E-state index in [1.54, 1.807) is 13.0 Å². The van der Waals surface area contributed by atoms with Crippen molar-refractivity contribution >= 4 is 11.6 Å². The fourth-order valence-corrected chi connectivity index (χ4v) is 3.34. The Morgan fingerprint density at radius 1 is 1.38 bits per heavy atom. The van der Waals surface area contributed by atoms with Crippen LogP contribution in [0.1, 0.15) is 34.0 Å². The van der Waals surface area contributed by atoms with Gasteiger partial charge >= 0.3 is 0 Å². The van der Waals surface area contributed by atoms with Crippen LogP contribution in [-0.2, 0) is 18.1 Å². The van der Waals surface area contributed by atoms with Gasteiger partial charge in [-0.05, 0) is 6.92 Å². The molecule has 2 aliphatic heterocycles. The monoisotopic (exact) mass is 350 g/mol. The van der Waals surface area contributed by atoms with Gasteiger partial charge in [0.05, 0.1) is 30.0 Å². The molecule has 24 heavy (non-hydrogen) atoms. The molecule has 0 saturated heterocycles. The van der Waals surface area contributed by atoms with E-state index in [9.17, 15) is 10.2 Å². The summed E-state index contributed by atoms with van der Waals surface area (Å²) in [6.45, 7) is 1.76. The highest BCUT2D eigenvalue weighted by Gasteiger charge is 2.35. The molecule has 0 saturated carbocycles. The molecule has 1 aromatic carbocycles. The van der Waals surface area contributed by atoms with Crippen molar-refractivity contribution in [2.45, 2.75) is 26.2 Å². The van der Waals surface area contributed by atoms with Crippen LogP contribution in [0.15, 0.2) is 12.3 Å². The summed E-state index contributed by atoms with van der Waals surface area (Å²) in [5.74, 6) is 1.10. The molecule has 1 unspecified atom stereocenters. The first-order chi connectivity index (χ1) is 11.6. The first-order valence-corrected chi connectivity index (χ1v) is 7.76. The maximum atomic E-state index is 10.5. The number of nitrogens with zero attached hydrogens (tertiary/aromatic N) is 1. The van der Waals surface area contributed by atoms with Gasteiger partial charge in [-0.25, -0.2) is 0 Å². The Morgan fingerprint density at radius 3 is 3.00 bits per heavy atom. The zero-order valence-electron chi connectivity index (χ0n) is 12.8. The van der Waals surface area contributed by atoms with E-state index < -0.39 is 6.04 Å². The van der Waals surface area contributed by atoms with Crippen molar-refractivity contribution in [3.63, 3.8) is 0 Å². The third-order valence-corrected chi connectivity index (χ3v) is 4.62. The number of nitrogens with one attached hydrogen (secondary N) is 1. The first-order valence-electron chi connectivity index (χ1n) is 7.38. The maximum absolute atomic E-state index is 10.5. The molecule has 126 valence electrons. The molecule has 4 rings (SSSR count). The van der Waals surface area contributed by atoms with Crippen molar-refractivity contribution in [2.75, 3.05) is 6.79 Å². The third kappa shape index (κ3) is 2.21. The van der Waals surface area contributed by atoms with E-state index in [-0.39, 0.29) is 25.8 Å². The lowest BCUT2D eigenvalue weighted by Crippen LogP contribution is -2.30. The van der Waals surface area contributed by atoms with E-state index in [4.69, 9.17) is 25.9 Å². The molecule has 0 bridgehead atoms. The second-order valence-electron chi connectivity index (χ2n) is 5.61. The number of aromatic hydroxyl groups is 1. The van der Waals surface area contributed by atoms with E-state index in [0.717, 1.165) is 11.1 Å². The van der Waals surface area contributed by atoms with E-state index in [0.29, 0.717) is 33.3 Å². The molecule has 3 heterocycles. The van der Waals surface area contributed by atoms with Gasteiger partial charge in [-0.15, -0.1) is 0 Å². The first kappa shape index (κ1) is 15.5. The number of hydrogen-bond donors (Lipinski definition) is 3. The van der Waals surface area contributed by atoms with E-state index >= 15 is 0 Å². The summed E-state index contributed by atoms with van der Waals surface area (Å²) in [5.41, 5.74) is 5.80. The highest BCUT2D eigenvalue weighted by molar-refractivity contribution is 6.31. The molecule has 3 N–H and O–H groups in total. The Bertz CT molecular complexity index is 823. The normalized spacial score (nSPS) is 18.5. The average molecular weight is 351 g/mol. The number of aromatic nitrogens is 1. The Morgan fingerprint density at radius 2 is 2.21 bits per heavy atom. The van der Waals surface area contributed by atoms with E-state index in [2.05, 4.69) is 10.5 Å². The molecule has 2 aromatic rings. The van der Waals surface area contributed by atoms with E-state index in [1.165, 1.54) is 6.20 Å². The molecule has 1 aromatic heterocycles. The van der Waals surface area contributed by atoms with Crippen LogP contribution in [0.2, 0.25) is 5.02 Å². The maximum Gasteiger partial charge on any atom is 0.231 e. The molecule has 0 fully saturated rings. The highest BCUT2D eigenvalue weighted by Crippen LogP contribution is 2.49. The lowest BCUT2D eigenvalue weighted by Gasteiger charge is -2.30. The molecule has 2 aliphatic rings. The van der Waals surface area contributed by atoms with Gasteiger partial charge in [0.25, 0.3) is 0 Å². The molecule has 0 spiro atoms. The van der Waals surface area contributed by atoms with Crippen molar-refractivity contribution in [1.29, 1.82) is 0 Å². The predicted molar refractivity (Wildman–Crippen MR) is 83.9 cm³/mol. The predicted octanol–water partition coefficient (Wildman–Crippen LogP) is 2.09. The van der Waals surface area contributed by atoms with Crippen molar-refractivity contribution in [3.05, 3.63) is 45.2 Å². The van der Waals surface area contributed by atoms with Crippen LogP contribution >= 0.6 is 11.6 Å². The number of aliphatic hydroxyl groups excluding tert-OH is 1. The van der Waals surface area contributed by atoms with E-state index in [1.807, 2.05) is 0 Å². The largest absolute Gasteiger partial charge is 0.506 e. The van der Waals surface area contributed by atoms with Gasteiger partial charge in [-0.2, -0.15) is 5.48 Å². The second kappa shape index (κ2) is 5.78. The van der Waals surface area contributed by atoms with Crippen LogP contribution in [0.3, 0.4) is 0 Å². The van der Waals surface area contributed by atoms with Gasteiger partial charge in [0.15, 0.2) is 11.5 Å². The SMILES string of the molecule is Cc1ncc(CO)c(C2NOCc3c(Cl)cc4c(c32)OCO4)c1O. The van der Waals surface area contributed by atoms with Gasteiger partial charge in [-0.1, -0.05) is 11.6 Å². The number of pyridine rings is 1. The summed E-state index contributed by atoms with van der Waals surface area (Å²) < 4.78 is 11.1. The number of benzene rings is 1. The standard InChI is InChI=1S/C16H15ClN2O5/c1-7-15(21)12(8(4-20)3-18-7)14-13-9(5-24-19-14)10(17)2-11-16(13)23-6-22-11/h2-3,14,19-21H,4-6H2,1H3. The fourth-order valence-electron chi connectivity index (χ4n) is 3.09. The topological polar surface area (TPSA) is 93.1 Å². The van der Waals surface area contributed by atoms with Crippen LogP contribution in [-0.4, -0.2) is 22.0 Å².